The highest BCUT2D eigenvalue weighted by molar-refractivity contribution is 7.89. The Morgan fingerprint density at radius 2 is 1.76 bits per heavy atom. The highest BCUT2D eigenvalue weighted by Crippen LogP contribution is 2.32. The van der Waals surface area contributed by atoms with Crippen molar-refractivity contribution in [3.05, 3.63) is 59.7 Å². The monoisotopic (exact) mass is 469 g/mol. The maximum Gasteiger partial charge on any atom is 0.243 e. The zero-order valence-corrected chi connectivity index (χ0v) is 19.8. The summed E-state index contributed by atoms with van der Waals surface area (Å²) in [6, 6.07) is 15.1. The van der Waals surface area contributed by atoms with Gasteiger partial charge in [0.2, 0.25) is 21.8 Å². The van der Waals surface area contributed by atoms with E-state index in [-0.39, 0.29) is 22.6 Å². The van der Waals surface area contributed by atoms with Crippen molar-refractivity contribution in [1.29, 1.82) is 0 Å². The summed E-state index contributed by atoms with van der Waals surface area (Å²) in [6.45, 7) is 3.55. The fourth-order valence-electron chi connectivity index (χ4n) is 4.69. The summed E-state index contributed by atoms with van der Waals surface area (Å²) in [5.41, 5.74) is 2.89. The molecule has 0 bridgehead atoms. The Morgan fingerprint density at radius 3 is 2.45 bits per heavy atom. The predicted molar refractivity (Wildman–Crippen MR) is 127 cm³/mol. The number of benzene rings is 2. The van der Waals surface area contributed by atoms with E-state index >= 15 is 0 Å². The van der Waals surface area contributed by atoms with Crippen LogP contribution in [0.5, 0.6) is 0 Å². The molecule has 33 heavy (non-hydrogen) atoms. The predicted octanol–water partition coefficient (Wildman–Crippen LogP) is 2.75. The first-order chi connectivity index (χ1) is 15.8. The second-order valence-corrected chi connectivity index (χ2v) is 10.8. The van der Waals surface area contributed by atoms with Gasteiger partial charge in [0.1, 0.15) is 0 Å². The number of nitrogens with one attached hydrogen (secondary N) is 1. The molecule has 4 rings (SSSR count). The quantitative estimate of drug-likeness (QED) is 0.676. The molecule has 2 aliphatic rings. The third kappa shape index (κ3) is 5.45. The van der Waals surface area contributed by atoms with Crippen LogP contribution < -0.4 is 10.2 Å². The fourth-order valence-corrected chi connectivity index (χ4v) is 6.21. The topological polar surface area (TPSA) is 86.8 Å². The molecule has 0 spiro atoms. The maximum absolute atomic E-state index is 13.2. The van der Waals surface area contributed by atoms with Gasteiger partial charge < -0.3 is 10.2 Å². The van der Waals surface area contributed by atoms with Crippen molar-refractivity contribution < 1.29 is 18.0 Å². The van der Waals surface area contributed by atoms with Gasteiger partial charge in [-0.05, 0) is 60.9 Å². The summed E-state index contributed by atoms with van der Waals surface area (Å²) >= 11 is 0. The van der Waals surface area contributed by atoms with Crippen LogP contribution in [0.4, 0.5) is 5.69 Å². The number of anilines is 1. The lowest BCUT2D eigenvalue weighted by Crippen LogP contribution is -2.39. The zero-order valence-electron chi connectivity index (χ0n) is 19.0. The minimum absolute atomic E-state index is 0.0286. The molecule has 8 heteroatoms. The van der Waals surface area contributed by atoms with Gasteiger partial charge in [-0.25, -0.2) is 8.42 Å². The van der Waals surface area contributed by atoms with Crippen LogP contribution in [0.2, 0.25) is 0 Å². The molecule has 2 aromatic carbocycles. The molecule has 0 unspecified atom stereocenters. The largest absolute Gasteiger partial charge is 0.356 e. The van der Waals surface area contributed by atoms with Crippen LogP contribution in [-0.2, 0) is 32.5 Å². The number of amides is 2. The summed E-state index contributed by atoms with van der Waals surface area (Å²) in [5.74, 6) is 0.189. The van der Waals surface area contributed by atoms with Gasteiger partial charge in [-0.3, -0.25) is 9.59 Å². The van der Waals surface area contributed by atoms with Gasteiger partial charge >= 0.3 is 0 Å². The molecule has 2 heterocycles. The molecule has 0 radical (unpaired) electrons. The van der Waals surface area contributed by atoms with E-state index in [9.17, 15) is 18.0 Å². The minimum Gasteiger partial charge on any atom is -0.356 e. The van der Waals surface area contributed by atoms with Crippen molar-refractivity contribution >= 4 is 27.5 Å². The van der Waals surface area contributed by atoms with E-state index in [0.717, 1.165) is 17.7 Å². The SMILES string of the molecule is CC(=O)N1CCc2cc(S(=O)(=O)N3CCC(CC(=O)NCCc4ccccc4)CC3)ccc21. The number of sulfonamides is 1. The van der Waals surface area contributed by atoms with E-state index in [1.165, 1.54) is 16.8 Å². The lowest BCUT2D eigenvalue weighted by atomic mass is 9.94. The van der Waals surface area contributed by atoms with Crippen molar-refractivity contribution in [3.8, 4) is 0 Å². The average molecular weight is 470 g/mol. The Bertz CT molecular complexity index is 1110. The summed E-state index contributed by atoms with van der Waals surface area (Å²) in [7, 11) is -3.59. The van der Waals surface area contributed by atoms with Gasteiger partial charge in [-0.15, -0.1) is 0 Å². The number of hydrogen-bond acceptors (Lipinski definition) is 4. The Balaban J connectivity index is 1.27. The van der Waals surface area contributed by atoms with Gasteiger partial charge in [-0.2, -0.15) is 4.31 Å². The van der Waals surface area contributed by atoms with Crippen LogP contribution in [0, 0.1) is 5.92 Å². The lowest BCUT2D eigenvalue weighted by Gasteiger charge is -2.31. The Kier molecular flexibility index (Phi) is 7.14. The normalized spacial score (nSPS) is 17.1. The number of piperidine rings is 1. The van der Waals surface area contributed by atoms with Crippen LogP contribution in [0.15, 0.2) is 53.4 Å². The molecular formula is C25H31N3O4S. The molecule has 2 aliphatic heterocycles. The molecule has 1 saturated heterocycles. The number of fused-ring (bicyclic) bond motifs is 1. The number of hydrogen-bond donors (Lipinski definition) is 1. The molecule has 2 amide bonds. The van der Waals surface area contributed by atoms with Gasteiger partial charge in [0, 0.05) is 45.2 Å². The van der Waals surface area contributed by atoms with Crippen molar-refractivity contribution in [3.63, 3.8) is 0 Å². The molecule has 176 valence electrons. The summed E-state index contributed by atoms with van der Waals surface area (Å²) < 4.78 is 27.9. The number of nitrogens with zero attached hydrogens (tertiary/aromatic N) is 2. The van der Waals surface area contributed by atoms with Crippen LogP contribution >= 0.6 is 0 Å². The van der Waals surface area contributed by atoms with Crippen LogP contribution in [0.3, 0.4) is 0 Å². The minimum atomic E-state index is -3.59. The van der Waals surface area contributed by atoms with Crippen molar-refractivity contribution in [2.24, 2.45) is 5.92 Å². The van der Waals surface area contributed by atoms with Crippen LogP contribution in [0.25, 0.3) is 0 Å². The summed E-state index contributed by atoms with van der Waals surface area (Å²) in [4.78, 5) is 26.0. The van der Waals surface area contributed by atoms with E-state index in [1.54, 1.807) is 23.1 Å². The second kappa shape index (κ2) is 10.1. The molecule has 0 aliphatic carbocycles. The van der Waals surface area contributed by atoms with Crippen molar-refractivity contribution in [2.45, 2.75) is 43.9 Å². The standard InChI is InChI=1S/C25H31N3O4S/c1-19(29)28-16-12-22-18-23(7-8-24(22)28)33(31,32)27-14-10-21(11-15-27)17-25(30)26-13-9-20-5-3-2-4-6-20/h2-8,18,21H,9-17H2,1H3,(H,26,30). The second-order valence-electron chi connectivity index (χ2n) is 8.85. The fraction of sp³-hybridized carbons (Fsp3) is 0.440. The van der Waals surface area contributed by atoms with E-state index in [2.05, 4.69) is 5.32 Å². The third-order valence-corrected chi connectivity index (χ3v) is 8.49. The van der Waals surface area contributed by atoms with E-state index in [1.807, 2.05) is 30.3 Å². The highest BCUT2D eigenvalue weighted by atomic mass is 32.2. The molecule has 7 nitrogen and oxygen atoms in total. The molecule has 1 N–H and O–H groups in total. The average Bonchev–Trinajstić information content (AvgIpc) is 3.24. The number of carbonyl (C=O) groups excluding carboxylic acids is 2. The first-order valence-corrected chi connectivity index (χ1v) is 13.0. The molecule has 0 aromatic heterocycles. The van der Waals surface area contributed by atoms with Gasteiger partial charge in [0.25, 0.3) is 0 Å². The van der Waals surface area contributed by atoms with E-state index < -0.39 is 10.0 Å². The van der Waals surface area contributed by atoms with Crippen molar-refractivity contribution in [2.75, 3.05) is 31.1 Å². The maximum atomic E-state index is 13.2. The molecule has 2 aromatic rings. The first kappa shape index (κ1) is 23.4. The Labute approximate surface area is 195 Å². The zero-order chi connectivity index (χ0) is 23.4. The van der Waals surface area contributed by atoms with Gasteiger partial charge in [0.15, 0.2) is 0 Å². The van der Waals surface area contributed by atoms with Gasteiger partial charge in [0.05, 0.1) is 4.90 Å². The number of carbonyl (C=O) groups is 2. The summed E-state index contributed by atoms with van der Waals surface area (Å²) in [5, 5.41) is 2.98. The molecule has 1 fully saturated rings. The molecular weight excluding hydrogens is 438 g/mol. The molecule has 0 saturated carbocycles. The van der Waals surface area contributed by atoms with Crippen LogP contribution in [-0.4, -0.2) is 50.7 Å². The lowest BCUT2D eigenvalue weighted by molar-refractivity contribution is -0.122. The van der Waals surface area contributed by atoms with Gasteiger partial charge in [-0.1, -0.05) is 30.3 Å². The van der Waals surface area contributed by atoms with Crippen LogP contribution in [0.1, 0.15) is 37.3 Å². The van der Waals surface area contributed by atoms with Crippen molar-refractivity contribution in [1.82, 2.24) is 9.62 Å². The third-order valence-electron chi connectivity index (χ3n) is 6.59. The Hall–Kier alpha value is -2.71. The smallest absolute Gasteiger partial charge is 0.243 e. The highest BCUT2D eigenvalue weighted by Gasteiger charge is 2.32. The Morgan fingerprint density at radius 1 is 1.03 bits per heavy atom. The molecule has 0 atom stereocenters. The first-order valence-electron chi connectivity index (χ1n) is 11.6. The summed E-state index contributed by atoms with van der Waals surface area (Å²) in [6.07, 6.45) is 3.25. The van der Waals surface area contributed by atoms with E-state index in [0.29, 0.717) is 51.9 Å². The van der Waals surface area contributed by atoms with E-state index in [4.69, 9.17) is 0 Å². The number of rotatable bonds is 7.